The zero-order valence-electron chi connectivity index (χ0n) is 42.1. The van der Waals surface area contributed by atoms with E-state index in [9.17, 15) is 0 Å². The summed E-state index contributed by atoms with van der Waals surface area (Å²) < 4.78 is 69.5. The quantitative estimate of drug-likeness (QED) is 0.159. The average molecular weight is 824 g/mol. The van der Waals surface area contributed by atoms with Crippen LogP contribution in [0.15, 0.2) is 170 Å². The molecule has 1 spiro atoms. The van der Waals surface area contributed by atoms with Crippen LogP contribution >= 0.6 is 0 Å². The molecule has 306 valence electrons. The summed E-state index contributed by atoms with van der Waals surface area (Å²) in [6, 6.07) is 57.0. The Labute approximate surface area is 378 Å². The smallest absolute Gasteiger partial charge is 0.392 e. The van der Waals surface area contributed by atoms with Crippen LogP contribution in [0.4, 0.5) is 0 Å². The lowest BCUT2D eigenvalue weighted by molar-refractivity contribution is -0.997. The molecule has 9 aromatic rings. The molecule has 12 rings (SSSR count). The number of imidazole rings is 1. The van der Waals surface area contributed by atoms with Gasteiger partial charge in [-0.15, -0.1) is 9.13 Å². The molecule has 4 heteroatoms. The minimum absolute atomic E-state index is 0.126. The van der Waals surface area contributed by atoms with Crippen molar-refractivity contribution in [1.82, 2.24) is 4.57 Å². The van der Waals surface area contributed by atoms with E-state index in [1.165, 1.54) is 12.5 Å². The second-order valence-corrected chi connectivity index (χ2v) is 18.6. The molecule has 0 bridgehead atoms. The minimum atomic E-state index is -2.97. The predicted molar refractivity (Wildman–Crippen MR) is 256 cm³/mol. The number of ether oxygens (including phenoxy) is 1. The van der Waals surface area contributed by atoms with Crippen LogP contribution in [-0.2, 0) is 23.1 Å². The summed E-state index contributed by atoms with van der Waals surface area (Å²) in [5.41, 5.74) is 13.9. The molecular weight excluding hydrogens is 767 g/mol. The molecule has 1 atom stereocenters. The highest BCUT2D eigenvalue weighted by molar-refractivity contribution is 5.99. The number of aryl methyl sites for hydroxylation is 1. The Bertz CT molecular complexity index is 3580. The molecule has 2 aromatic heterocycles. The van der Waals surface area contributed by atoms with Gasteiger partial charge in [0.25, 0.3) is 0 Å². The third-order valence-electron chi connectivity index (χ3n) is 13.5. The summed E-state index contributed by atoms with van der Waals surface area (Å²) in [5, 5.41) is 0. The third kappa shape index (κ3) is 5.34. The number of hydrogen-bond acceptors (Lipinski definition) is 1. The molecule has 0 saturated heterocycles. The molecule has 0 radical (unpaired) electrons. The van der Waals surface area contributed by atoms with E-state index >= 15 is 0 Å². The molecule has 1 unspecified atom stereocenters. The molecule has 0 fully saturated rings. The van der Waals surface area contributed by atoms with Gasteiger partial charge in [-0.25, -0.2) is 0 Å². The molecule has 4 nitrogen and oxygen atoms in total. The van der Waals surface area contributed by atoms with Gasteiger partial charge in [0.15, 0.2) is 23.0 Å². The lowest BCUT2D eigenvalue weighted by Crippen LogP contribution is -2.78. The van der Waals surface area contributed by atoms with Crippen LogP contribution in [0.2, 0.25) is 0 Å². The normalized spacial score (nSPS) is 17.3. The SMILES string of the molecule is [2H]C([2H])([2H])C(C)(c1cc(C(C)(C)C)cc2c1OC13c4c(cc(-c5ccccc5)cc4-c4cc(-c5ccccc5)cc[n+]41)-c1cccc4c1[n+]3c-2n4-c1ccc(-c2ccccc2)c(CC)c1)C([2H])([2H])[2H]. The Morgan fingerprint density at radius 3 is 1.95 bits per heavy atom. The van der Waals surface area contributed by atoms with Crippen LogP contribution in [0.5, 0.6) is 5.75 Å². The Kier molecular flexibility index (Phi) is 6.67. The molecule has 5 heterocycles. The summed E-state index contributed by atoms with van der Waals surface area (Å²) in [7, 11) is 0. The summed E-state index contributed by atoms with van der Waals surface area (Å²) >= 11 is 0. The molecule has 63 heavy (non-hydrogen) atoms. The highest BCUT2D eigenvalue weighted by Crippen LogP contribution is 2.56. The molecule has 0 N–H and O–H groups in total. The number of benzene rings is 7. The van der Waals surface area contributed by atoms with Crippen molar-refractivity contribution >= 4 is 11.0 Å². The van der Waals surface area contributed by atoms with Crippen molar-refractivity contribution in [3.8, 4) is 78.6 Å². The fraction of sp³-hybridized carbons (Fsp3) is 0.186. The van der Waals surface area contributed by atoms with Crippen LogP contribution in [0, 0.1) is 0 Å². The molecule has 0 saturated carbocycles. The lowest BCUT2D eigenvalue weighted by atomic mass is 9.78. The van der Waals surface area contributed by atoms with Gasteiger partial charge in [0.2, 0.25) is 5.69 Å². The van der Waals surface area contributed by atoms with Gasteiger partial charge in [0.05, 0.1) is 5.56 Å². The van der Waals surface area contributed by atoms with Crippen LogP contribution in [0.1, 0.15) is 78.8 Å². The maximum atomic E-state index is 9.12. The molecular formula is C59H51N3O+2. The van der Waals surface area contributed by atoms with E-state index in [-0.39, 0.29) is 11.3 Å². The van der Waals surface area contributed by atoms with Gasteiger partial charge in [-0.3, -0.25) is 0 Å². The number of pyridine rings is 1. The van der Waals surface area contributed by atoms with Gasteiger partial charge in [0, 0.05) is 37.0 Å². The third-order valence-corrected chi connectivity index (χ3v) is 13.5. The second kappa shape index (κ2) is 13.2. The van der Waals surface area contributed by atoms with Crippen molar-refractivity contribution in [2.45, 2.75) is 71.4 Å². The van der Waals surface area contributed by atoms with E-state index in [2.05, 4.69) is 175 Å². The first kappa shape index (κ1) is 31.8. The molecule has 3 aliphatic heterocycles. The highest BCUT2D eigenvalue weighted by Gasteiger charge is 2.69. The van der Waals surface area contributed by atoms with Crippen molar-refractivity contribution in [3.05, 3.63) is 192 Å². The largest absolute Gasteiger partial charge is 0.499 e. The first-order valence-electron chi connectivity index (χ1n) is 25.0. The van der Waals surface area contributed by atoms with Gasteiger partial charge >= 0.3 is 11.7 Å². The van der Waals surface area contributed by atoms with Crippen LogP contribution in [0.3, 0.4) is 0 Å². The number of rotatable bonds is 5. The van der Waals surface area contributed by atoms with E-state index in [1.54, 1.807) is 6.07 Å². The summed E-state index contributed by atoms with van der Waals surface area (Å²) in [6.07, 6.45) is 2.86. The standard InChI is InChI=1S/C59H51N3O/c1-8-37-31-44(27-28-45(37)40-23-16-11-17-24-40)61-51-26-18-25-46-47-32-42(39-21-14-10-15-22-39)33-48-52-34-41(38-19-12-9-13-20-38)29-30-60(52)59(53(47)48)62(54(46)51)56(61)49-35-43(57(2,3)4)36-50(55(49)63-59)58(5,6)7/h9-36H,8H2,1-7H3/q+2/i5D3,6D3. The number of aromatic nitrogens is 3. The van der Waals surface area contributed by atoms with E-state index in [1.807, 2.05) is 30.3 Å². The number of fused-ring (bicyclic) bond motifs is 5. The van der Waals surface area contributed by atoms with Crippen LogP contribution in [-0.4, -0.2) is 4.57 Å². The van der Waals surface area contributed by atoms with E-state index in [0.29, 0.717) is 5.56 Å². The summed E-state index contributed by atoms with van der Waals surface area (Å²) in [6.45, 7) is 3.85. The fourth-order valence-electron chi connectivity index (χ4n) is 10.5. The predicted octanol–water partition coefficient (Wildman–Crippen LogP) is 13.6. The van der Waals surface area contributed by atoms with Crippen molar-refractivity contribution < 1.29 is 22.1 Å². The minimum Gasteiger partial charge on any atom is -0.392 e. The molecule has 0 amide bonds. The number of hydrogen-bond donors (Lipinski definition) is 0. The first-order valence-corrected chi connectivity index (χ1v) is 22.0. The fourth-order valence-corrected chi connectivity index (χ4v) is 10.5. The van der Waals surface area contributed by atoms with Gasteiger partial charge < -0.3 is 4.74 Å². The second-order valence-electron chi connectivity index (χ2n) is 18.6. The van der Waals surface area contributed by atoms with E-state index in [0.717, 1.165) is 95.9 Å². The summed E-state index contributed by atoms with van der Waals surface area (Å²) in [4.78, 5) is 0. The van der Waals surface area contributed by atoms with Crippen molar-refractivity contribution in [1.29, 1.82) is 0 Å². The molecule has 0 aliphatic carbocycles. The van der Waals surface area contributed by atoms with Crippen molar-refractivity contribution in [3.63, 3.8) is 0 Å². The van der Waals surface area contributed by atoms with Gasteiger partial charge in [0.1, 0.15) is 16.8 Å². The van der Waals surface area contributed by atoms with Gasteiger partial charge in [-0.1, -0.05) is 151 Å². The Hall–Kier alpha value is -7.04. The van der Waals surface area contributed by atoms with Crippen molar-refractivity contribution in [2.75, 3.05) is 0 Å². The van der Waals surface area contributed by atoms with Gasteiger partial charge in [-0.05, 0) is 110 Å². The first-order chi connectivity index (χ1) is 33.0. The molecule has 3 aliphatic rings. The zero-order valence-corrected chi connectivity index (χ0v) is 36.1. The Morgan fingerprint density at radius 2 is 1.27 bits per heavy atom. The monoisotopic (exact) mass is 823 g/mol. The number of nitrogens with zero attached hydrogens (tertiary/aromatic N) is 3. The van der Waals surface area contributed by atoms with Crippen LogP contribution in [0.25, 0.3) is 83.9 Å². The van der Waals surface area contributed by atoms with Crippen molar-refractivity contribution in [2.24, 2.45) is 0 Å². The van der Waals surface area contributed by atoms with E-state index < -0.39 is 30.4 Å². The van der Waals surface area contributed by atoms with Gasteiger partial charge in [-0.2, -0.15) is 4.57 Å². The molecule has 7 aromatic carbocycles. The Morgan fingerprint density at radius 1 is 0.587 bits per heavy atom. The summed E-state index contributed by atoms with van der Waals surface area (Å²) in [5.74, 6) is -0.487. The van der Waals surface area contributed by atoms with Crippen LogP contribution < -0.4 is 13.9 Å². The number of para-hydroxylation sites is 1. The highest BCUT2D eigenvalue weighted by atomic mass is 16.5. The maximum absolute atomic E-state index is 9.12. The zero-order chi connectivity index (χ0) is 48.0. The Balaban J connectivity index is 1.29. The topological polar surface area (TPSA) is 21.9 Å². The lowest BCUT2D eigenvalue weighted by Gasteiger charge is -2.36. The maximum Gasteiger partial charge on any atom is 0.499 e. The van der Waals surface area contributed by atoms with E-state index in [4.69, 9.17) is 13.0 Å². The average Bonchev–Trinajstić information content (AvgIpc) is 3.84.